The fourth-order valence-corrected chi connectivity index (χ4v) is 1.29. The fourth-order valence-electron chi connectivity index (χ4n) is 1.29. The number of carbonyl (C=O) groups excluding carboxylic acids is 1. The van der Waals surface area contributed by atoms with Gasteiger partial charge in [-0.25, -0.2) is 0 Å². The highest BCUT2D eigenvalue weighted by Crippen LogP contribution is 2.33. The number of hydrogen-bond donors (Lipinski definition) is 2. The second-order valence-corrected chi connectivity index (χ2v) is 3.56. The van der Waals surface area contributed by atoms with Crippen LogP contribution in [0.15, 0.2) is 12.1 Å². The molecule has 0 saturated carbocycles. The van der Waals surface area contributed by atoms with Gasteiger partial charge in [-0.2, -0.15) is 0 Å². The Kier molecular flexibility index (Phi) is 3.19. The molecule has 0 spiro atoms. The van der Waals surface area contributed by atoms with E-state index in [1.165, 1.54) is 19.1 Å². The smallest absolute Gasteiger partial charge is 0.167 e. The van der Waals surface area contributed by atoms with Crippen LogP contribution in [0, 0.1) is 0 Å². The van der Waals surface area contributed by atoms with Crippen LogP contribution in [0.25, 0.3) is 0 Å². The first-order valence-corrected chi connectivity index (χ1v) is 4.65. The summed E-state index contributed by atoms with van der Waals surface area (Å²) in [6, 6.07) is 2.63. The minimum absolute atomic E-state index is 0.0630. The van der Waals surface area contributed by atoms with E-state index < -0.39 is 0 Å². The summed E-state index contributed by atoms with van der Waals surface area (Å²) in [5, 5.41) is 19.0. The molecule has 2 N–H and O–H groups in total. The summed E-state index contributed by atoms with van der Waals surface area (Å²) in [5.74, 6) is -0.581. The lowest BCUT2D eigenvalue weighted by atomic mass is 10.1. The molecule has 1 aromatic rings. The molecule has 4 heteroatoms. The van der Waals surface area contributed by atoms with E-state index in [2.05, 4.69) is 0 Å². The van der Waals surface area contributed by atoms with Crippen molar-refractivity contribution in [2.75, 3.05) is 0 Å². The number of aromatic hydroxyl groups is 2. The molecule has 0 aliphatic rings. The molecule has 0 bridgehead atoms. The molecule has 0 unspecified atom stereocenters. The van der Waals surface area contributed by atoms with Crippen molar-refractivity contribution < 1.29 is 19.7 Å². The molecule has 1 aromatic carbocycles. The van der Waals surface area contributed by atoms with Crippen LogP contribution in [0.4, 0.5) is 0 Å². The average Bonchev–Trinajstić information content (AvgIpc) is 1.99. The van der Waals surface area contributed by atoms with Gasteiger partial charge in [0.1, 0.15) is 22.8 Å². The van der Waals surface area contributed by atoms with Gasteiger partial charge in [-0.1, -0.05) is 0 Å². The minimum atomic E-state index is -0.388. The summed E-state index contributed by atoms with van der Waals surface area (Å²) >= 11 is 0. The Balaban J connectivity index is 3.14. The largest absolute Gasteiger partial charge is 0.507 e. The molecule has 0 amide bonds. The topological polar surface area (TPSA) is 66.8 Å². The molecule has 0 heterocycles. The number of phenols is 2. The van der Waals surface area contributed by atoms with Crippen molar-refractivity contribution >= 4 is 5.78 Å². The molecule has 4 nitrogen and oxygen atoms in total. The van der Waals surface area contributed by atoms with E-state index in [-0.39, 0.29) is 28.9 Å². The van der Waals surface area contributed by atoms with E-state index in [9.17, 15) is 15.0 Å². The molecule has 15 heavy (non-hydrogen) atoms. The number of ether oxygens (including phenoxy) is 1. The number of rotatable bonds is 3. The second kappa shape index (κ2) is 4.21. The van der Waals surface area contributed by atoms with E-state index in [0.717, 1.165) is 0 Å². The van der Waals surface area contributed by atoms with Crippen molar-refractivity contribution in [3.8, 4) is 17.2 Å². The van der Waals surface area contributed by atoms with Crippen LogP contribution < -0.4 is 4.74 Å². The van der Waals surface area contributed by atoms with Gasteiger partial charge in [0.2, 0.25) is 0 Å². The Morgan fingerprint density at radius 1 is 1.27 bits per heavy atom. The molecule has 0 aliphatic heterocycles. The van der Waals surface area contributed by atoms with Crippen molar-refractivity contribution in [1.82, 2.24) is 0 Å². The van der Waals surface area contributed by atoms with E-state index in [0.29, 0.717) is 5.75 Å². The Bertz CT molecular complexity index is 359. The lowest BCUT2D eigenvalue weighted by molar-refractivity contribution is 0.101. The van der Waals surface area contributed by atoms with Crippen LogP contribution in [0.2, 0.25) is 0 Å². The molecule has 0 aliphatic carbocycles. The summed E-state index contributed by atoms with van der Waals surface area (Å²) < 4.78 is 5.28. The first-order chi connectivity index (χ1) is 6.91. The Hall–Kier alpha value is -1.71. The monoisotopic (exact) mass is 210 g/mol. The highest BCUT2D eigenvalue weighted by atomic mass is 16.5. The third-order valence-corrected chi connectivity index (χ3v) is 1.79. The Labute approximate surface area is 88.1 Å². The van der Waals surface area contributed by atoms with Gasteiger partial charge in [0.25, 0.3) is 0 Å². The van der Waals surface area contributed by atoms with Gasteiger partial charge in [0, 0.05) is 12.1 Å². The summed E-state index contributed by atoms with van der Waals surface area (Å²) in [7, 11) is 0. The summed E-state index contributed by atoms with van der Waals surface area (Å²) in [4.78, 5) is 11.1. The van der Waals surface area contributed by atoms with E-state index >= 15 is 0 Å². The third-order valence-electron chi connectivity index (χ3n) is 1.79. The maximum Gasteiger partial charge on any atom is 0.167 e. The predicted octanol–water partition coefficient (Wildman–Crippen LogP) is 2.09. The number of hydrogen-bond acceptors (Lipinski definition) is 4. The van der Waals surface area contributed by atoms with Crippen molar-refractivity contribution in [3.05, 3.63) is 17.7 Å². The van der Waals surface area contributed by atoms with Crippen LogP contribution in [0.1, 0.15) is 31.1 Å². The molecule has 0 atom stereocenters. The average molecular weight is 210 g/mol. The van der Waals surface area contributed by atoms with Crippen molar-refractivity contribution in [2.45, 2.75) is 26.9 Å². The number of ketones is 1. The molecule has 0 fully saturated rings. The molecule has 0 radical (unpaired) electrons. The zero-order valence-corrected chi connectivity index (χ0v) is 8.94. The number of carbonyl (C=O) groups is 1. The van der Waals surface area contributed by atoms with E-state index in [4.69, 9.17) is 4.74 Å². The van der Waals surface area contributed by atoms with Crippen molar-refractivity contribution in [3.63, 3.8) is 0 Å². The van der Waals surface area contributed by atoms with E-state index in [1.54, 1.807) is 0 Å². The van der Waals surface area contributed by atoms with Gasteiger partial charge in [-0.05, 0) is 20.8 Å². The maximum atomic E-state index is 11.1. The van der Waals surface area contributed by atoms with Gasteiger partial charge < -0.3 is 14.9 Å². The highest BCUT2D eigenvalue weighted by molar-refractivity contribution is 5.99. The summed E-state index contributed by atoms with van der Waals surface area (Å²) in [5.41, 5.74) is -0.0777. The standard InChI is InChI=1S/C11H14O4/c1-6(2)15-8-4-9(13)11(7(3)12)10(14)5-8/h4-6,13-14H,1-3H3. The van der Waals surface area contributed by atoms with Gasteiger partial charge in [0.05, 0.1) is 6.10 Å². The Morgan fingerprint density at radius 2 is 1.73 bits per heavy atom. The number of Topliss-reactive ketones (excluding diaryl/α,β-unsaturated/α-hetero) is 1. The van der Waals surface area contributed by atoms with Gasteiger partial charge >= 0.3 is 0 Å². The second-order valence-electron chi connectivity index (χ2n) is 3.56. The molecular weight excluding hydrogens is 196 g/mol. The molecule has 1 rings (SSSR count). The van der Waals surface area contributed by atoms with Crippen LogP contribution in [0.5, 0.6) is 17.2 Å². The van der Waals surface area contributed by atoms with Gasteiger partial charge in [-0.15, -0.1) is 0 Å². The third kappa shape index (κ3) is 2.62. The highest BCUT2D eigenvalue weighted by Gasteiger charge is 2.14. The first kappa shape index (κ1) is 11.4. The lowest BCUT2D eigenvalue weighted by Gasteiger charge is -2.12. The SMILES string of the molecule is CC(=O)c1c(O)cc(OC(C)C)cc1O. The summed E-state index contributed by atoms with van der Waals surface area (Å²) in [6.45, 7) is 4.93. The molecular formula is C11H14O4. The van der Waals surface area contributed by atoms with Crippen molar-refractivity contribution in [1.29, 1.82) is 0 Å². The quantitative estimate of drug-likeness (QED) is 0.749. The molecule has 0 saturated heterocycles. The fraction of sp³-hybridized carbons (Fsp3) is 0.364. The molecule has 82 valence electrons. The summed E-state index contributed by atoms with van der Waals surface area (Å²) in [6.07, 6.45) is -0.0630. The lowest BCUT2D eigenvalue weighted by Crippen LogP contribution is -2.06. The number of phenolic OH excluding ortho intramolecular Hbond substituents is 2. The van der Waals surface area contributed by atoms with Crippen LogP contribution in [0.3, 0.4) is 0 Å². The zero-order valence-electron chi connectivity index (χ0n) is 8.94. The van der Waals surface area contributed by atoms with Crippen LogP contribution >= 0.6 is 0 Å². The van der Waals surface area contributed by atoms with Gasteiger partial charge in [0.15, 0.2) is 5.78 Å². The number of benzene rings is 1. The predicted molar refractivity (Wildman–Crippen MR) is 55.5 cm³/mol. The van der Waals surface area contributed by atoms with Crippen LogP contribution in [-0.4, -0.2) is 22.1 Å². The Morgan fingerprint density at radius 3 is 2.07 bits per heavy atom. The minimum Gasteiger partial charge on any atom is -0.507 e. The zero-order chi connectivity index (χ0) is 11.6. The molecule has 0 aromatic heterocycles. The first-order valence-electron chi connectivity index (χ1n) is 4.65. The van der Waals surface area contributed by atoms with E-state index in [1.807, 2.05) is 13.8 Å². The maximum absolute atomic E-state index is 11.1. The van der Waals surface area contributed by atoms with Crippen LogP contribution in [-0.2, 0) is 0 Å². The van der Waals surface area contributed by atoms with Crippen molar-refractivity contribution in [2.24, 2.45) is 0 Å². The normalized spacial score (nSPS) is 10.4. The van der Waals surface area contributed by atoms with Gasteiger partial charge in [-0.3, -0.25) is 4.79 Å².